The standard InChI is InChI=1S/C70H34N4O2S4/c71-35-39(36-72)59-47-25-13-15-27-49(47)63(75)53(59)29-45-31-57-67(77-45)61-65(79-57)51-34-56-52(33-55(51)69(61,41-17-5-1-6-18-41)42-19-7-2-8-20-42)66-62(70(56,43-21-9-3-10-22-43)44-23-11-4-12-24-44)68-58(80-66)32-46(78-68)30-54-60(40(37-73)38-74)48-26-14-16-28-50(48)64(54)76/h1-34H/b53-29-,54-30-. The number of ketones is 2. The minimum atomic E-state index is -0.795. The van der Waals surface area contributed by atoms with Gasteiger partial charge in [-0.05, 0) is 92.1 Å². The van der Waals surface area contributed by atoms with Crippen LogP contribution in [0.5, 0.6) is 0 Å². The summed E-state index contributed by atoms with van der Waals surface area (Å²) >= 11 is 6.77. The van der Waals surface area contributed by atoms with Crippen LogP contribution >= 0.6 is 45.3 Å². The number of allylic oxidation sites excluding steroid dienone is 6. The Morgan fingerprint density at radius 1 is 0.375 bits per heavy atom. The number of benzene rings is 7. The Hall–Kier alpha value is -9.88. The van der Waals surface area contributed by atoms with E-state index in [4.69, 9.17) is 0 Å². The van der Waals surface area contributed by atoms with E-state index in [0.29, 0.717) is 44.5 Å². The summed E-state index contributed by atoms with van der Waals surface area (Å²) in [6.45, 7) is 0. The number of nitriles is 4. The van der Waals surface area contributed by atoms with E-state index in [1.54, 1.807) is 81.7 Å². The molecular formula is C70H34N4O2S4. The Kier molecular flexibility index (Phi) is 10.6. The zero-order chi connectivity index (χ0) is 54.0. The summed E-state index contributed by atoms with van der Waals surface area (Å²) in [5.41, 5.74) is 13.2. The van der Waals surface area contributed by atoms with Gasteiger partial charge in [0.15, 0.2) is 11.6 Å². The molecule has 0 radical (unpaired) electrons. The monoisotopic (exact) mass is 1090 g/mol. The molecule has 4 aliphatic carbocycles. The minimum absolute atomic E-state index is 0.0943. The highest BCUT2D eigenvalue weighted by Crippen LogP contribution is 2.68. The van der Waals surface area contributed by atoms with Crippen LogP contribution in [0.2, 0.25) is 0 Å². The van der Waals surface area contributed by atoms with Crippen molar-refractivity contribution in [1.82, 2.24) is 0 Å². The first-order chi connectivity index (χ1) is 39.3. The van der Waals surface area contributed by atoms with Crippen LogP contribution in [0.15, 0.2) is 216 Å². The number of nitrogens with zero attached hydrogens (tertiary/aromatic N) is 4. The van der Waals surface area contributed by atoms with E-state index >= 15 is 0 Å². The van der Waals surface area contributed by atoms with Gasteiger partial charge in [-0.3, -0.25) is 9.59 Å². The highest BCUT2D eigenvalue weighted by atomic mass is 32.1. The summed E-state index contributed by atoms with van der Waals surface area (Å²) in [6.07, 6.45) is 3.74. The zero-order valence-corrected chi connectivity index (χ0v) is 45.1. The number of carbonyl (C=O) groups is 2. The van der Waals surface area contributed by atoms with Gasteiger partial charge in [-0.1, -0.05) is 170 Å². The topological polar surface area (TPSA) is 129 Å². The van der Waals surface area contributed by atoms with E-state index in [0.717, 1.165) is 71.7 Å². The normalized spacial score (nSPS) is 15.7. The molecule has 0 saturated carbocycles. The van der Waals surface area contributed by atoms with Gasteiger partial charge in [-0.15, -0.1) is 45.3 Å². The molecule has 80 heavy (non-hydrogen) atoms. The molecule has 0 bridgehead atoms. The van der Waals surface area contributed by atoms with Crippen molar-refractivity contribution in [3.05, 3.63) is 293 Å². The number of thiophene rings is 4. The lowest BCUT2D eigenvalue weighted by atomic mass is 9.66. The van der Waals surface area contributed by atoms with Crippen LogP contribution in [0, 0.1) is 45.3 Å². The van der Waals surface area contributed by atoms with Gasteiger partial charge in [0, 0.05) is 73.5 Å². The number of hydrogen-bond acceptors (Lipinski definition) is 10. The largest absolute Gasteiger partial charge is 0.289 e. The van der Waals surface area contributed by atoms with E-state index in [-0.39, 0.29) is 22.7 Å². The Morgan fingerprint density at radius 2 is 0.688 bits per heavy atom. The van der Waals surface area contributed by atoms with Crippen LogP contribution in [0.3, 0.4) is 0 Å². The second-order valence-electron chi connectivity index (χ2n) is 20.0. The summed E-state index contributed by atoms with van der Waals surface area (Å²) in [4.78, 5) is 32.5. The van der Waals surface area contributed by atoms with E-state index in [1.807, 2.05) is 24.3 Å². The third kappa shape index (κ3) is 6.33. The third-order valence-electron chi connectivity index (χ3n) is 16.2. The smallest absolute Gasteiger partial charge is 0.194 e. The molecule has 11 aromatic rings. The molecule has 4 aliphatic rings. The third-order valence-corrected chi connectivity index (χ3v) is 21.0. The van der Waals surface area contributed by atoms with Crippen LogP contribution < -0.4 is 0 Å². The van der Waals surface area contributed by atoms with Gasteiger partial charge in [0.1, 0.15) is 35.4 Å². The fourth-order valence-corrected chi connectivity index (χ4v) is 18.6. The molecule has 4 aromatic heterocycles. The number of fused-ring (bicyclic) bond motifs is 12. The van der Waals surface area contributed by atoms with Crippen molar-refractivity contribution in [2.45, 2.75) is 10.8 Å². The van der Waals surface area contributed by atoms with E-state index < -0.39 is 10.8 Å². The molecule has 0 spiro atoms. The second kappa shape index (κ2) is 17.8. The summed E-state index contributed by atoms with van der Waals surface area (Å²) in [5, 5.41) is 40.7. The molecule has 0 unspecified atom stereocenters. The Bertz CT molecular complexity index is 4480. The number of hydrogen-bond donors (Lipinski definition) is 0. The van der Waals surface area contributed by atoms with Crippen molar-refractivity contribution in [1.29, 1.82) is 21.0 Å². The quantitative estimate of drug-likeness (QED) is 0.120. The molecule has 4 heterocycles. The maximum atomic E-state index is 14.2. The SMILES string of the molecule is N#CC(C#N)=C1/C(=C/c2cc3sc4c(c3s2)C(c2ccccc2)(c2ccccc2)c2cc3c(cc2-4)C(c2ccccc2)(c2ccccc2)c2c-3sc3cc(/C=C4\C(=O)c5ccccc5C4=C(C#N)C#N)sc23)C(=O)c2ccccc21. The molecule has 0 atom stereocenters. The molecule has 10 heteroatoms. The Labute approximate surface area is 475 Å². The van der Waals surface area contributed by atoms with Crippen LogP contribution in [0.1, 0.15) is 86.1 Å². The molecule has 0 saturated heterocycles. The van der Waals surface area contributed by atoms with Crippen molar-refractivity contribution in [3.63, 3.8) is 0 Å². The van der Waals surface area contributed by atoms with Crippen LogP contribution in [-0.2, 0) is 10.8 Å². The number of carbonyl (C=O) groups excluding carboxylic acids is 2. The second-order valence-corrected chi connectivity index (χ2v) is 24.3. The Balaban J connectivity index is 1.00. The van der Waals surface area contributed by atoms with Gasteiger partial charge in [0.05, 0.1) is 20.2 Å². The lowest BCUT2D eigenvalue weighted by Gasteiger charge is -2.35. The zero-order valence-electron chi connectivity index (χ0n) is 41.9. The van der Waals surface area contributed by atoms with Gasteiger partial charge in [-0.2, -0.15) is 21.0 Å². The van der Waals surface area contributed by atoms with Crippen molar-refractivity contribution >= 4 is 99.0 Å². The summed E-state index contributed by atoms with van der Waals surface area (Å²) < 4.78 is 4.34. The Morgan fingerprint density at radius 3 is 1.01 bits per heavy atom. The maximum Gasteiger partial charge on any atom is 0.194 e. The maximum absolute atomic E-state index is 14.2. The molecule has 0 fully saturated rings. The van der Waals surface area contributed by atoms with Gasteiger partial charge in [-0.25, -0.2) is 0 Å². The molecule has 7 aromatic carbocycles. The van der Waals surface area contributed by atoms with Crippen LogP contribution in [-0.4, -0.2) is 11.6 Å². The van der Waals surface area contributed by atoms with Crippen molar-refractivity contribution in [3.8, 4) is 45.2 Å². The molecule has 15 rings (SSSR count). The van der Waals surface area contributed by atoms with E-state index in [1.165, 1.54) is 22.3 Å². The predicted molar refractivity (Wildman–Crippen MR) is 321 cm³/mol. The lowest BCUT2D eigenvalue weighted by molar-refractivity contribution is 0.103. The van der Waals surface area contributed by atoms with E-state index in [2.05, 4.69) is 170 Å². The average Bonchev–Trinajstić information content (AvgIpc) is 3.74. The van der Waals surface area contributed by atoms with Gasteiger partial charge < -0.3 is 0 Å². The van der Waals surface area contributed by atoms with Gasteiger partial charge in [0.25, 0.3) is 0 Å². The molecule has 0 N–H and O–H groups in total. The molecule has 0 aliphatic heterocycles. The molecule has 6 nitrogen and oxygen atoms in total. The minimum Gasteiger partial charge on any atom is -0.289 e. The average molecular weight is 1090 g/mol. The molecular weight excluding hydrogens is 1060 g/mol. The fraction of sp³-hybridized carbons (Fsp3) is 0.0286. The summed E-state index contributed by atoms with van der Waals surface area (Å²) in [6, 6.07) is 75.0. The number of rotatable bonds is 6. The highest BCUT2D eigenvalue weighted by molar-refractivity contribution is 7.31. The van der Waals surface area contributed by atoms with E-state index in [9.17, 15) is 30.6 Å². The fourth-order valence-electron chi connectivity index (χ4n) is 13.1. The highest BCUT2D eigenvalue weighted by Gasteiger charge is 2.54. The summed E-state index contributed by atoms with van der Waals surface area (Å²) in [7, 11) is 0. The molecule has 370 valence electrons. The van der Waals surface area contributed by atoms with Gasteiger partial charge >= 0.3 is 0 Å². The first-order valence-corrected chi connectivity index (χ1v) is 29.0. The van der Waals surface area contributed by atoms with Crippen molar-refractivity contribution in [2.75, 3.05) is 0 Å². The van der Waals surface area contributed by atoms with Gasteiger partial charge in [0.2, 0.25) is 0 Å². The lowest BCUT2D eigenvalue weighted by Crippen LogP contribution is -2.29. The predicted octanol–water partition coefficient (Wildman–Crippen LogP) is 17.1. The first kappa shape index (κ1) is 47.3. The number of Topliss-reactive ketones (excluding diaryl/α,β-unsaturated/α-hetero) is 2. The van der Waals surface area contributed by atoms with Crippen molar-refractivity contribution in [2.24, 2.45) is 0 Å². The summed E-state index contributed by atoms with van der Waals surface area (Å²) in [5.74, 6) is -0.421. The first-order valence-electron chi connectivity index (χ1n) is 25.7. The molecule has 0 amide bonds. The van der Waals surface area contributed by atoms with Crippen molar-refractivity contribution < 1.29 is 9.59 Å². The van der Waals surface area contributed by atoms with Crippen LogP contribution in [0.4, 0.5) is 0 Å². The van der Waals surface area contributed by atoms with Crippen LogP contribution in [0.25, 0.3) is 63.0 Å².